The molecule has 0 radical (unpaired) electrons. The van der Waals surface area contributed by atoms with Gasteiger partial charge in [-0.25, -0.2) is 0 Å². The molecule has 0 aromatic rings. The van der Waals surface area contributed by atoms with Crippen LogP contribution in [0.4, 0.5) is 0 Å². The molecule has 0 unspecified atom stereocenters. The first kappa shape index (κ1) is 20.6. The molecule has 5 aliphatic carbocycles. The first-order valence-electron chi connectivity index (χ1n) is 13.1. The van der Waals surface area contributed by atoms with Gasteiger partial charge in [-0.2, -0.15) is 0 Å². The molecule has 9 atom stereocenters. The van der Waals surface area contributed by atoms with Crippen molar-refractivity contribution in [1.82, 2.24) is 0 Å². The second kappa shape index (κ2) is 6.85. The van der Waals surface area contributed by atoms with Gasteiger partial charge in [-0.3, -0.25) is 0 Å². The van der Waals surface area contributed by atoms with Gasteiger partial charge in [0.25, 0.3) is 0 Å². The Bertz CT molecular complexity index is 674. The van der Waals surface area contributed by atoms with Crippen LogP contribution in [0.1, 0.15) is 105 Å². The van der Waals surface area contributed by atoms with Crippen molar-refractivity contribution in [2.45, 2.75) is 111 Å². The van der Waals surface area contributed by atoms with E-state index >= 15 is 0 Å². The van der Waals surface area contributed by atoms with Crippen LogP contribution >= 0.6 is 0 Å². The van der Waals surface area contributed by atoms with Crippen LogP contribution < -0.4 is 0 Å². The summed E-state index contributed by atoms with van der Waals surface area (Å²) in [4.78, 5) is 0. The van der Waals surface area contributed by atoms with E-state index in [9.17, 15) is 5.11 Å². The Morgan fingerprint density at radius 3 is 2.59 bits per heavy atom. The number of rotatable bonds is 5. The fourth-order valence-electron chi connectivity index (χ4n) is 9.39. The Balaban J connectivity index is 1.33. The minimum Gasteiger partial charge on any atom is -0.393 e. The minimum atomic E-state index is -0.0124. The smallest absolute Gasteiger partial charge is 0.0546 e. The van der Waals surface area contributed by atoms with Gasteiger partial charge in [-0.15, -0.1) is 0 Å². The summed E-state index contributed by atoms with van der Waals surface area (Å²) in [6.07, 6.45) is 17.6. The molecular weight excluding hydrogens is 352 g/mol. The SMILES string of the molecule is CC(C)[C@H](C)CC[C@@H](C)[C@H]1CC[C@H]2[C@@H]3CC[C@]45C[C@@H](O)CC[C@]4(C5)C3=CC[C@]12C. The number of hydrogen-bond acceptors (Lipinski definition) is 1. The standard InChI is InChI=1S/C28H46O/c1-18(2)19(3)6-7-20(4)23-8-9-24-22-11-14-27-16-21(29)10-15-28(27,17-27)25(22)12-13-26(23,24)5/h12,18-24,29H,6-11,13-17H2,1-5H3/t19-,20-,21+,22+,23-,24+,26-,27-,28+/m1/s1. The highest BCUT2D eigenvalue weighted by molar-refractivity contribution is 5.40. The van der Waals surface area contributed by atoms with Crippen molar-refractivity contribution in [3.05, 3.63) is 11.6 Å². The monoisotopic (exact) mass is 398 g/mol. The second-order valence-electron chi connectivity index (χ2n) is 13.0. The van der Waals surface area contributed by atoms with Crippen molar-refractivity contribution in [2.24, 2.45) is 51.8 Å². The molecule has 0 aromatic heterocycles. The Kier molecular flexibility index (Phi) is 4.86. The molecule has 4 fully saturated rings. The topological polar surface area (TPSA) is 20.2 Å². The summed E-state index contributed by atoms with van der Waals surface area (Å²) in [6, 6.07) is 0. The third-order valence-electron chi connectivity index (χ3n) is 11.6. The molecule has 0 amide bonds. The average molecular weight is 399 g/mol. The molecule has 0 aliphatic heterocycles. The van der Waals surface area contributed by atoms with E-state index in [-0.39, 0.29) is 6.10 Å². The Hall–Kier alpha value is -0.300. The summed E-state index contributed by atoms with van der Waals surface area (Å²) < 4.78 is 0. The summed E-state index contributed by atoms with van der Waals surface area (Å²) in [6.45, 7) is 12.5. The predicted molar refractivity (Wildman–Crippen MR) is 121 cm³/mol. The normalized spacial score (nSPS) is 50.1. The predicted octanol–water partition coefficient (Wildman–Crippen LogP) is 7.39. The van der Waals surface area contributed by atoms with E-state index in [1.54, 1.807) is 0 Å². The lowest BCUT2D eigenvalue weighted by Crippen LogP contribution is -2.44. The first-order valence-corrected chi connectivity index (χ1v) is 13.1. The number of aliphatic hydroxyl groups is 1. The van der Waals surface area contributed by atoms with Crippen LogP contribution in [0.25, 0.3) is 0 Å². The molecule has 0 bridgehead atoms. The van der Waals surface area contributed by atoms with Gasteiger partial charge in [0.15, 0.2) is 0 Å². The molecule has 0 heterocycles. The van der Waals surface area contributed by atoms with E-state index in [1.807, 2.05) is 5.57 Å². The lowest BCUT2D eigenvalue weighted by Gasteiger charge is -2.52. The van der Waals surface area contributed by atoms with Crippen LogP contribution in [0.5, 0.6) is 0 Å². The van der Waals surface area contributed by atoms with E-state index < -0.39 is 0 Å². The molecule has 1 heteroatoms. The van der Waals surface area contributed by atoms with Crippen LogP contribution in [0.2, 0.25) is 0 Å². The minimum absolute atomic E-state index is 0.0124. The quantitative estimate of drug-likeness (QED) is 0.479. The zero-order chi connectivity index (χ0) is 20.6. The Morgan fingerprint density at radius 1 is 1.03 bits per heavy atom. The van der Waals surface area contributed by atoms with E-state index in [0.717, 1.165) is 48.3 Å². The summed E-state index contributed by atoms with van der Waals surface area (Å²) in [5.41, 5.74) is 3.50. The number of hydrogen-bond donors (Lipinski definition) is 1. The molecular formula is C28H46O. The molecule has 5 rings (SSSR count). The highest BCUT2D eigenvalue weighted by Crippen LogP contribution is 2.82. The van der Waals surface area contributed by atoms with Crippen molar-refractivity contribution in [1.29, 1.82) is 0 Å². The highest BCUT2D eigenvalue weighted by atomic mass is 16.3. The van der Waals surface area contributed by atoms with Crippen LogP contribution in [-0.2, 0) is 0 Å². The van der Waals surface area contributed by atoms with E-state index in [4.69, 9.17) is 0 Å². The van der Waals surface area contributed by atoms with Gasteiger partial charge in [0.2, 0.25) is 0 Å². The molecule has 5 aliphatic rings. The molecule has 0 saturated heterocycles. The largest absolute Gasteiger partial charge is 0.393 e. The molecule has 4 saturated carbocycles. The number of fused-ring (bicyclic) bond motifs is 3. The van der Waals surface area contributed by atoms with Gasteiger partial charge in [0.1, 0.15) is 0 Å². The van der Waals surface area contributed by atoms with E-state index in [0.29, 0.717) is 16.2 Å². The van der Waals surface area contributed by atoms with Gasteiger partial charge in [0, 0.05) is 0 Å². The number of aliphatic hydroxyl groups excluding tert-OH is 1. The second-order valence-corrected chi connectivity index (χ2v) is 13.0. The van der Waals surface area contributed by atoms with Crippen molar-refractivity contribution >= 4 is 0 Å². The van der Waals surface area contributed by atoms with Crippen LogP contribution in [0.3, 0.4) is 0 Å². The third kappa shape index (κ3) is 2.88. The van der Waals surface area contributed by atoms with Crippen LogP contribution in [-0.4, -0.2) is 11.2 Å². The fourth-order valence-corrected chi connectivity index (χ4v) is 9.39. The zero-order valence-electron chi connectivity index (χ0n) is 19.8. The van der Waals surface area contributed by atoms with Gasteiger partial charge < -0.3 is 5.11 Å². The van der Waals surface area contributed by atoms with Crippen molar-refractivity contribution in [3.8, 4) is 0 Å². The van der Waals surface area contributed by atoms with Crippen LogP contribution in [0, 0.1) is 51.8 Å². The van der Waals surface area contributed by atoms with Crippen LogP contribution in [0.15, 0.2) is 11.6 Å². The van der Waals surface area contributed by atoms with Gasteiger partial charge in [0.05, 0.1) is 6.10 Å². The summed E-state index contributed by atoms with van der Waals surface area (Å²) in [5.74, 6) is 5.32. The highest BCUT2D eigenvalue weighted by Gasteiger charge is 2.73. The van der Waals surface area contributed by atoms with E-state index in [1.165, 1.54) is 57.8 Å². The maximum absolute atomic E-state index is 10.3. The maximum atomic E-state index is 10.3. The fraction of sp³-hybridized carbons (Fsp3) is 0.929. The van der Waals surface area contributed by atoms with Crippen molar-refractivity contribution in [2.75, 3.05) is 0 Å². The summed E-state index contributed by atoms with van der Waals surface area (Å²) >= 11 is 0. The molecule has 29 heavy (non-hydrogen) atoms. The van der Waals surface area contributed by atoms with Gasteiger partial charge in [-0.1, -0.05) is 59.1 Å². The molecule has 1 nitrogen and oxygen atoms in total. The first-order chi connectivity index (χ1) is 13.7. The summed E-state index contributed by atoms with van der Waals surface area (Å²) in [7, 11) is 0. The molecule has 164 valence electrons. The Labute approximate surface area is 180 Å². The van der Waals surface area contributed by atoms with Gasteiger partial charge in [-0.05, 0) is 110 Å². The summed E-state index contributed by atoms with van der Waals surface area (Å²) in [5, 5.41) is 10.3. The lowest BCUT2D eigenvalue weighted by atomic mass is 9.53. The number of allylic oxidation sites excluding steroid dienone is 2. The van der Waals surface area contributed by atoms with Crippen molar-refractivity contribution in [3.63, 3.8) is 0 Å². The lowest BCUT2D eigenvalue weighted by molar-refractivity contribution is 0.0219. The van der Waals surface area contributed by atoms with Crippen molar-refractivity contribution < 1.29 is 5.11 Å². The molecule has 0 aromatic carbocycles. The van der Waals surface area contributed by atoms with Gasteiger partial charge >= 0.3 is 0 Å². The Morgan fingerprint density at radius 2 is 1.83 bits per heavy atom. The average Bonchev–Trinajstić information content (AvgIpc) is 3.24. The maximum Gasteiger partial charge on any atom is 0.0546 e. The molecule has 1 N–H and O–H groups in total. The molecule has 0 spiro atoms. The van der Waals surface area contributed by atoms with E-state index in [2.05, 4.69) is 40.7 Å². The third-order valence-corrected chi connectivity index (χ3v) is 11.6. The zero-order valence-corrected chi connectivity index (χ0v) is 19.8.